The van der Waals surface area contributed by atoms with E-state index < -0.39 is 6.10 Å². The normalized spacial score (nSPS) is 12.6. The van der Waals surface area contributed by atoms with E-state index in [-0.39, 0.29) is 25.2 Å². The van der Waals surface area contributed by atoms with Crippen molar-refractivity contribution in [3.8, 4) is 0 Å². The lowest BCUT2D eigenvalue weighted by Gasteiger charge is -2.18. The van der Waals surface area contributed by atoms with Crippen molar-refractivity contribution in [1.29, 1.82) is 0 Å². The lowest BCUT2D eigenvalue weighted by Crippen LogP contribution is -2.30. The number of carbonyl (C=O) groups is 2. The molecule has 1 unspecified atom stereocenters. The Balaban J connectivity index is 4.30. The van der Waals surface area contributed by atoms with Crippen molar-refractivity contribution in [3.63, 3.8) is 0 Å². The fourth-order valence-electron chi connectivity index (χ4n) is 7.92. The maximum atomic E-state index is 12.8. The molecule has 0 bridgehead atoms. The van der Waals surface area contributed by atoms with E-state index >= 15 is 0 Å². The van der Waals surface area contributed by atoms with Crippen LogP contribution in [0.5, 0.6) is 0 Å². The van der Waals surface area contributed by atoms with Crippen LogP contribution in [0.1, 0.15) is 278 Å². The monoisotopic (exact) mass is 895 g/mol. The van der Waals surface area contributed by atoms with Crippen LogP contribution in [0.2, 0.25) is 0 Å². The summed E-state index contributed by atoms with van der Waals surface area (Å²) in [4.78, 5) is 25.5. The number of unbranched alkanes of at least 4 members (excludes halogenated alkanes) is 30. The highest BCUT2D eigenvalue weighted by Gasteiger charge is 2.17. The average molecular weight is 895 g/mol. The van der Waals surface area contributed by atoms with Gasteiger partial charge in [0.15, 0.2) is 6.10 Å². The second-order valence-corrected chi connectivity index (χ2v) is 18.5. The molecule has 0 spiro atoms. The maximum Gasteiger partial charge on any atom is 0.306 e. The van der Waals surface area contributed by atoms with E-state index in [0.717, 1.165) is 70.6 Å². The summed E-state index contributed by atoms with van der Waals surface area (Å²) in [6.45, 7) is 7.61. The molecule has 0 aromatic carbocycles. The summed E-state index contributed by atoms with van der Waals surface area (Å²) in [5.41, 5.74) is 0. The van der Waals surface area contributed by atoms with Crippen LogP contribution in [0.4, 0.5) is 0 Å². The predicted octanol–water partition coefficient (Wildman–Crippen LogP) is 18.9. The van der Waals surface area contributed by atoms with E-state index in [1.165, 1.54) is 173 Å². The van der Waals surface area contributed by atoms with Crippen molar-refractivity contribution in [2.45, 2.75) is 284 Å². The molecular weight excluding hydrogens is 789 g/mol. The molecule has 372 valence electrons. The Bertz CT molecular complexity index is 1100. The number of hydrogen-bond donors (Lipinski definition) is 0. The molecule has 0 heterocycles. The third-order valence-corrected chi connectivity index (χ3v) is 12.0. The van der Waals surface area contributed by atoms with E-state index in [4.69, 9.17) is 14.2 Å². The van der Waals surface area contributed by atoms with Gasteiger partial charge in [0.2, 0.25) is 0 Å². The van der Waals surface area contributed by atoms with Gasteiger partial charge in [-0.1, -0.05) is 248 Å². The van der Waals surface area contributed by atoms with Crippen LogP contribution in [0.25, 0.3) is 0 Å². The van der Waals surface area contributed by atoms with Crippen LogP contribution < -0.4 is 0 Å². The summed E-state index contributed by atoms with van der Waals surface area (Å²) in [5.74, 6) is -0.420. The first-order valence-electron chi connectivity index (χ1n) is 27.8. The highest BCUT2D eigenvalue weighted by atomic mass is 16.6. The summed E-state index contributed by atoms with van der Waals surface area (Å²) in [5, 5.41) is 0. The van der Waals surface area contributed by atoms with E-state index in [1.54, 1.807) is 0 Å². The third-order valence-electron chi connectivity index (χ3n) is 12.0. The Morgan fingerprint density at radius 3 is 1.14 bits per heavy atom. The van der Waals surface area contributed by atoms with Crippen LogP contribution in [-0.4, -0.2) is 37.9 Å². The number of allylic oxidation sites excluding steroid dienone is 10. The summed E-state index contributed by atoms with van der Waals surface area (Å²) < 4.78 is 17.4. The van der Waals surface area contributed by atoms with Crippen molar-refractivity contribution in [2.24, 2.45) is 0 Å². The standard InChI is InChI=1S/C59H106O5/c1-4-7-10-13-16-19-22-25-28-30-32-34-37-40-43-46-49-52-58(60)63-56-57(55-62-54-51-48-45-42-39-36-27-24-21-18-15-12-9-6-3)64-59(61)53-50-47-44-41-38-35-33-31-29-26-23-20-17-14-11-8-5-2/h9,12,18,21,25,27-28,36,42,45,57H,4-8,10-11,13-17,19-20,22-24,26,29-35,37-41,43-44,46-56H2,1-3H3/b12-9-,21-18-,28-25-,36-27-,45-42-. The van der Waals surface area contributed by atoms with Gasteiger partial charge in [0.05, 0.1) is 6.61 Å². The fourth-order valence-corrected chi connectivity index (χ4v) is 7.92. The highest BCUT2D eigenvalue weighted by Crippen LogP contribution is 2.16. The van der Waals surface area contributed by atoms with Crippen molar-refractivity contribution in [2.75, 3.05) is 19.8 Å². The van der Waals surface area contributed by atoms with Gasteiger partial charge < -0.3 is 14.2 Å². The summed E-state index contributed by atoms with van der Waals surface area (Å²) in [7, 11) is 0. The Morgan fingerprint density at radius 2 is 0.703 bits per heavy atom. The van der Waals surface area contributed by atoms with Gasteiger partial charge in [0.25, 0.3) is 0 Å². The average Bonchev–Trinajstić information content (AvgIpc) is 3.30. The molecule has 0 aliphatic carbocycles. The first-order valence-corrected chi connectivity index (χ1v) is 27.8. The number of hydrogen-bond acceptors (Lipinski definition) is 5. The molecule has 0 amide bonds. The van der Waals surface area contributed by atoms with E-state index in [9.17, 15) is 9.59 Å². The predicted molar refractivity (Wildman–Crippen MR) is 279 cm³/mol. The zero-order chi connectivity index (χ0) is 46.3. The van der Waals surface area contributed by atoms with Crippen molar-refractivity contribution < 1.29 is 23.8 Å². The molecule has 5 heteroatoms. The molecule has 0 aliphatic heterocycles. The van der Waals surface area contributed by atoms with Gasteiger partial charge in [0.1, 0.15) is 6.61 Å². The Labute approximate surface area is 398 Å². The van der Waals surface area contributed by atoms with Gasteiger partial charge in [-0.2, -0.15) is 0 Å². The van der Waals surface area contributed by atoms with E-state index in [0.29, 0.717) is 19.4 Å². The quantitative estimate of drug-likeness (QED) is 0.0346. The second-order valence-electron chi connectivity index (χ2n) is 18.5. The highest BCUT2D eigenvalue weighted by molar-refractivity contribution is 5.70. The molecule has 0 rings (SSSR count). The third kappa shape index (κ3) is 52.2. The molecule has 1 atom stereocenters. The molecule has 0 radical (unpaired) electrons. The number of esters is 2. The minimum atomic E-state index is -0.565. The summed E-state index contributed by atoms with van der Waals surface area (Å²) in [6.07, 6.45) is 69.6. The molecule has 0 N–H and O–H groups in total. The lowest BCUT2D eigenvalue weighted by atomic mass is 10.0. The van der Waals surface area contributed by atoms with Crippen molar-refractivity contribution in [3.05, 3.63) is 60.8 Å². The number of carbonyl (C=O) groups excluding carboxylic acids is 2. The fraction of sp³-hybridized carbons (Fsp3) is 0.797. The number of rotatable bonds is 51. The van der Waals surface area contributed by atoms with Crippen LogP contribution >= 0.6 is 0 Å². The molecule has 0 saturated heterocycles. The van der Waals surface area contributed by atoms with Gasteiger partial charge in [0, 0.05) is 19.4 Å². The van der Waals surface area contributed by atoms with Gasteiger partial charge >= 0.3 is 11.9 Å². The number of ether oxygens (including phenoxy) is 3. The van der Waals surface area contributed by atoms with Gasteiger partial charge in [-0.25, -0.2) is 0 Å². The van der Waals surface area contributed by atoms with Crippen LogP contribution in [0, 0.1) is 0 Å². The van der Waals surface area contributed by atoms with Gasteiger partial charge in [-0.15, -0.1) is 0 Å². The van der Waals surface area contributed by atoms with Gasteiger partial charge in [-0.3, -0.25) is 9.59 Å². The maximum absolute atomic E-state index is 12.8. The molecular formula is C59H106O5. The first kappa shape index (κ1) is 61.6. The topological polar surface area (TPSA) is 61.8 Å². The molecule has 0 aliphatic rings. The first-order chi connectivity index (χ1) is 31.6. The summed E-state index contributed by atoms with van der Waals surface area (Å²) in [6, 6.07) is 0. The molecule has 5 nitrogen and oxygen atoms in total. The zero-order valence-corrected chi connectivity index (χ0v) is 42.8. The molecule has 64 heavy (non-hydrogen) atoms. The minimum Gasteiger partial charge on any atom is -0.462 e. The Hall–Kier alpha value is -2.40. The molecule has 0 aromatic rings. The molecule has 0 saturated carbocycles. The Kier molecular flexibility index (Phi) is 52.9. The smallest absolute Gasteiger partial charge is 0.306 e. The summed E-state index contributed by atoms with van der Waals surface area (Å²) >= 11 is 0. The molecule has 0 aromatic heterocycles. The largest absolute Gasteiger partial charge is 0.462 e. The van der Waals surface area contributed by atoms with E-state index in [1.807, 2.05) is 0 Å². The van der Waals surface area contributed by atoms with Gasteiger partial charge in [-0.05, 0) is 77.0 Å². The van der Waals surface area contributed by atoms with Crippen LogP contribution in [0.15, 0.2) is 60.8 Å². The zero-order valence-electron chi connectivity index (χ0n) is 42.8. The second kappa shape index (κ2) is 54.9. The molecule has 0 fully saturated rings. The van der Waals surface area contributed by atoms with E-state index in [2.05, 4.69) is 81.5 Å². The lowest BCUT2D eigenvalue weighted by molar-refractivity contribution is -0.163. The van der Waals surface area contributed by atoms with Crippen LogP contribution in [0.3, 0.4) is 0 Å². The van der Waals surface area contributed by atoms with Crippen molar-refractivity contribution in [1.82, 2.24) is 0 Å². The Morgan fingerprint density at radius 1 is 0.359 bits per heavy atom. The minimum absolute atomic E-state index is 0.0634. The SMILES string of the molecule is CC/C=C\C/C=C\C/C=C\C/C=C\CCCOCC(COC(=O)CCCCCCCCC/C=C\CCCCCCCC)OC(=O)CCCCCCCCCCCCCCCCCCC. The van der Waals surface area contributed by atoms with Crippen molar-refractivity contribution >= 4 is 11.9 Å². The van der Waals surface area contributed by atoms with Crippen LogP contribution in [-0.2, 0) is 23.8 Å².